The van der Waals surface area contributed by atoms with Gasteiger partial charge in [-0.2, -0.15) is 0 Å². The fourth-order valence-corrected chi connectivity index (χ4v) is 2.67. The van der Waals surface area contributed by atoms with Crippen molar-refractivity contribution in [1.82, 2.24) is 4.98 Å². The standard InChI is InChI=1S/C15H17N3/c1-10-7-13(16)15(17-9-10)18-11(2)8-12-5-3-4-6-14(12)18/h3-7,9,11H,8,16H2,1-2H3. The van der Waals surface area contributed by atoms with Crippen LogP contribution in [-0.2, 0) is 6.42 Å². The monoisotopic (exact) mass is 239 g/mol. The fourth-order valence-electron chi connectivity index (χ4n) is 2.67. The zero-order valence-corrected chi connectivity index (χ0v) is 10.7. The second-order valence-electron chi connectivity index (χ2n) is 4.98. The minimum absolute atomic E-state index is 0.403. The van der Waals surface area contributed by atoms with Crippen LogP contribution in [0.15, 0.2) is 36.5 Å². The lowest BCUT2D eigenvalue weighted by molar-refractivity contribution is 0.751. The highest BCUT2D eigenvalue weighted by Crippen LogP contribution is 2.39. The van der Waals surface area contributed by atoms with E-state index in [0.29, 0.717) is 6.04 Å². The fraction of sp³-hybridized carbons (Fsp3) is 0.267. The number of nitrogens with zero attached hydrogens (tertiary/aromatic N) is 2. The Morgan fingerprint density at radius 1 is 1.33 bits per heavy atom. The minimum atomic E-state index is 0.403. The maximum absolute atomic E-state index is 6.12. The summed E-state index contributed by atoms with van der Waals surface area (Å²) in [6.45, 7) is 4.22. The van der Waals surface area contributed by atoms with Crippen LogP contribution >= 0.6 is 0 Å². The first-order valence-corrected chi connectivity index (χ1v) is 6.26. The van der Waals surface area contributed by atoms with E-state index < -0.39 is 0 Å². The van der Waals surface area contributed by atoms with Crippen LogP contribution < -0.4 is 10.6 Å². The molecule has 0 saturated heterocycles. The van der Waals surface area contributed by atoms with E-state index in [1.807, 2.05) is 19.2 Å². The SMILES string of the molecule is Cc1cnc(N2c3ccccc3CC2C)c(N)c1. The van der Waals surface area contributed by atoms with Crippen molar-refractivity contribution in [3.8, 4) is 0 Å². The first-order valence-electron chi connectivity index (χ1n) is 6.26. The number of para-hydroxylation sites is 1. The first-order chi connectivity index (χ1) is 8.66. The van der Waals surface area contributed by atoms with E-state index in [9.17, 15) is 0 Å². The number of pyridine rings is 1. The van der Waals surface area contributed by atoms with Gasteiger partial charge in [0.25, 0.3) is 0 Å². The van der Waals surface area contributed by atoms with Gasteiger partial charge >= 0.3 is 0 Å². The van der Waals surface area contributed by atoms with Crippen LogP contribution in [0.1, 0.15) is 18.1 Å². The number of aryl methyl sites for hydroxylation is 1. The molecule has 2 aromatic rings. The Morgan fingerprint density at radius 3 is 2.89 bits per heavy atom. The molecular formula is C15H17N3. The molecule has 0 bridgehead atoms. The van der Waals surface area contributed by atoms with Gasteiger partial charge in [0.05, 0.1) is 5.69 Å². The summed E-state index contributed by atoms with van der Waals surface area (Å²) in [6.07, 6.45) is 2.92. The van der Waals surface area contributed by atoms with Gasteiger partial charge in [0, 0.05) is 17.9 Å². The van der Waals surface area contributed by atoms with E-state index in [4.69, 9.17) is 5.73 Å². The number of aromatic nitrogens is 1. The predicted molar refractivity (Wildman–Crippen MR) is 75.1 cm³/mol. The maximum Gasteiger partial charge on any atom is 0.156 e. The van der Waals surface area contributed by atoms with Crippen LogP contribution in [0.5, 0.6) is 0 Å². The van der Waals surface area contributed by atoms with Gasteiger partial charge in [-0.15, -0.1) is 0 Å². The molecule has 1 aliphatic rings. The van der Waals surface area contributed by atoms with Crippen molar-refractivity contribution in [2.75, 3.05) is 10.6 Å². The highest BCUT2D eigenvalue weighted by molar-refractivity contribution is 5.76. The molecule has 0 fully saturated rings. The molecular weight excluding hydrogens is 222 g/mol. The zero-order chi connectivity index (χ0) is 12.7. The number of nitrogens with two attached hydrogens (primary N) is 1. The zero-order valence-electron chi connectivity index (χ0n) is 10.7. The van der Waals surface area contributed by atoms with Crippen LogP contribution in [0.2, 0.25) is 0 Å². The number of nitrogen functional groups attached to an aromatic ring is 1. The quantitative estimate of drug-likeness (QED) is 0.831. The van der Waals surface area contributed by atoms with Crippen molar-refractivity contribution in [2.24, 2.45) is 0 Å². The van der Waals surface area contributed by atoms with Crippen LogP contribution in [0.3, 0.4) is 0 Å². The lowest BCUT2D eigenvalue weighted by Gasteiger charge is -2.25. The van der Waals surface area contributed by atoms with Crippen molar-refractivity contribution in [3.63, 3.8) is 0 Å². The van der Waals surface area contributed by atoms with Gasteiger partial charge < -0.3 is 10.6 Å². The van der Waals surface area contributed by atoms with Crippen LogP contribution in [-0.4, -0.2) is 11.0 Å². The summed E-state index contributed by atoms with van der Waals surface area (Å²) < 4.78 is 0. The summed E-state index contributed by atoms with van der Waals surface area (Å²) in [5.74, 6) is 0.873. The highest BCUT2D eigenvalue weighted by Gasteiger charge is 2.28. The molecule has 2 heterocycles. The van der Waals surface area contributed by atoms with E-state index >= 15 is 0 Å². The van der Waals surface area contributed by atoms with Crippen molar-refractivity contribution >= 4 is 17.2 Å². The lowest BCUT2D eigenvalue weighted by atomic mass is 10.1. The number of hydrogen-bond acceptors (Lipinski definition) is 3. The molecule has 3 nitrogen and oxygen atoms in total. The van der Waals surface area contributed by atoms with Crippen molar-refractivity contribution in [2.45, 2.75) is 26.3 Å². The summed E-state index contributed by atoms with van der Waals surface area (Å²) in [5, 5.41) is 0. The summed E-state index contributed by atoms with van der Waals surface area (Å²) in [7, 11) is 0. The first kappa shape index (κ1) is 11.1. The molecule has 1 aliphatic heterocycles. The molecule has 2 N–H and O–H groups in total. The van der Waals surface area contributed by atoms with Crippen LogP contribution in [0.4, 0.5) is 17.2 Å². The normalized spacial score (nSPS) is 17.9. The Balaban J connectivity index is 2.12. The Labute approximate surface area is 107 Å². The number of anilines is 3. The smallest absolute Gasteiger partial charge is 0.156 e. The number of hydrogen-bond donors (Lipinski definition) is 1. The molecule has 1 unspecified atom stereocenters. The molecule has 3 heteroatoms. The summed E-state index contributed by atoms with van der Waals surface area (Å²) in [4.78, 5) is 6.75. The molecule has 0 aliphatic carbocycles. The second-order valence-corrected chi connectivity index (χ2v) is 4.98. The van der Waals surface area contributed by atoms with Crippen molar-refractivity contribution < 1.29 is 0 Å². The van der Waals surface area contributed by atoms with Gasteiger partial charge in [-0.1, -0.05) is 18.2 Å². The number of rotatable bonds is 1. The third kappa shape index (κ3) is 1.63. The Bertz CT molecular complexity index is 592. The van der Waals surface area contributed by atoms with E-state index in [-0.39, 0.29) is 0 Å². The summed E-state index contributed by atoms with van der Waals surface area (Å²) in [5.41, 5.74) is 10.6. The van der Waals surface area contributed by atoms with Gasteiger partial charge in [0.2, 0.25) is 0 Å². The van der Waals surface area contributed by atoms with E-state index in [2.05, 4.69) is 41.1 Å². The topological polar surface area (TPSA) is 42.2 Å². The number of benzene rings is 1. The van der Waals surface area contributed by atoms with Gasteiger partial charge in [-0.3, -0.25) is 0 Å². The molecule has 92 valence electrons. The largest absolute Gasteiger partial charge is 0.396 e. The average molecular weight is 239 g/mol. The molecule has 0 saturated carbocycles. The van der Waals surface area contributed by atoms with E-state index in [0.717, 1.165) is 23.5 Å². The summed E-state index contributed by atoms with van der Waals surface area (Å²) in [6, 6.07) is 10.8. The molecule has 1 aromatic heterocycles. The predicted octanol–water partition coefficient (Wildman–Crippen LogP) is 3.05. The van der Waals surface area contributed by atoms with E-state index in [1.165, 1.54) is 11.3 Å². The van der Waals surface area contributed by atoms with Gasteiger partial charge in [-0.25, -0.2) is 4.98 Å². The van der Waals surface area contributed by atoms with Crippen molar-refractivity contribution in [3.05, 3.63) is 47.7 Å². The van der Waals surface area contributed by atoms with E-state index in [1.54, 1.807) is 0 Å². The molecule has 0 spiro atoms. The molecule has 18 heavy (non-hydrogen) atoms. The van der Waals surface area contributed by atoms with Crippen LogP contribution in [0.25, 0.3) is 0 Å². The molecule has 0 amide bonds. The molecule has 0 radical (unpaired) electrons. The third-order valence-corrected chi connectivity index (χ3v) is 3.47. The highest BCUT2D eigenvalue weighted by atomic mass is 15.2. The molecule has 3 rings (SSSR count). The number of fused-ring (bicyclic) bond motifs is 1. The molecule has 1 aromatic carbocycles. The van der Waals surface area contributed by atoms with Gasteiger partial charge in [-0.05, 0) is 43.5 Å². The van der Waals surface area contributed by atoms with Crippen molar-refractivity contribution in [1.29, 1.82) is 0 Å². The Morgan fingerprint density at radius 2 is 2.11 bits per heavy atom. The lowest BCUT2D eigenvalue weighted by Crippen LogP contribution is -2.25. The van der Waals surface area contributed by atoms with Gasteiger partial charge in [0.1, 0.15) is 0 Å². The Kier molecular flexibility index (Phi) is 2.47. The van der Waals surface area contributed by atoms with Gasteiger partial charge in [0.15, 0.2) is 5.82 Å². The minimum Gasteiger partial charge on any atom is -0.396 e. The Hall–Kier alpha value is -2.03. The summed E-state index contributed by atoms with van der Waals surface area (Å²) >= 11 is 0. The maximum atomic E-state index is 6.12. The second kappa shape index (κ2) is 4.02. The average Bonchev–Trinajstić information content (AvgIpc) is 2.66. The third-order valence-electron chi connectivity index (χ3n) is 3.47. The molecule has 1 atom stereocenters. The van der Waals surface area contributed by atoms with Crippen LogP contribution in [0, 0.1) is 6.92 Å².